The Labute approximate surface area is 137 Å². The molecule has 0 aliphatic rings. The molecule has 2 rings (SSSR count). The van der Waals surface area contributed by atoms with Crippen molar-refractivity contribution in [1.29, 1.82) is 0 Å². The maximum absolute atomic E-state index is 12.1. The number of amides is 1. The van der Waals surface area contributed by atoms with Gasteiger partial charge in [-0.25, -0.2) is 0 Å². The summed E-state index contributed by atoms with van der Waals surface area (Å²) in [5.41, 5.74) is 1.23. The van der Waals surface area contributed by atoms with Crippen molar-refractivity contribution in [2.45, 2.75) is 20.0 Å². The third-order valence-corrected chi connectivity index (χ3v) is 3.58. The molecule has 0 unspecified atom stereocenters. The molecule has 0 fully saturated rings. The third-order valence-electron chi connectivity index (χ3n) is 3.05. The molecule has 0 saturated heterocycles. The Kier molecular flexibility index (Phi) is 5.33. The van der Waals surface area contributed by atoms with Gasteiger partial charge in [0.25, 0.3) is 5.91 Å². The van der Waals surface area contributed by atoms with E-state index in [0.29, 0.717) is 17.0 Å². The summed E-state index contributed by atoms with van der Waals surface area (Å²) in [6, 6.07) is 14.0. The maximum atomic E-state index is 12.1. The van der Waals surface area contributed by atoms with E-state index in [9.17, 15) is 9.59 Å². The van der Waals surface area contributed by atoms with Gasteiger partial charge < -0.3 is 10.1 Å². The van der Waals surface area contributed by atoms with E-state index in [2.05, 4.69) is 21.2 Å². The van der Waals surface area contributed by atoms with Gasteiger partial charge in [0.05, 0.1) is 0 Å². The van der Waals surface area contributed by atoms with E-state index in [1.54, 1.807) is 43.3 Å². The first-order valence-electron chi connectivity index (χ1n) is 6.80. The molecule has 0 heterocycles. The molecule has 22 heavy (non-hydrogen) atoms. The van der Waals surface area contributed by atoms with Gasteiger partial charge in [0.2, 0.25) is 0 Å². The Morgan fingerprint density at radius 3 is 2.18 bits per heavy atom. The lowest BCUT2D eigenvalue weighted by Gasteiger charge is -2.15. The molecule has 5 heteroatoms. The van der Waals surface area contributed by atoms with Gasteiger partial charge in [-0.1, -0.05) is 15.9 Å². The Bertz CT molecular complexity index is 665. The van der Waals surface area contributed by atoms with E-state index in [1.807, 2.05) is 12.1 Å². The van der Waals surface area contributed by atoms with Crippen LogP contribution in [0.4, 0.5) is 5.69 Å². The van der Waals surface area contributed by atoms with E-state index in [-0.39, 0.29) is 11.7 Å². The number of ketones is 1. The summed E-state index contributed by atoms with van der Waals surface area (Å²) >= 11 is 3.34. The smallest absolute Gasteiger partial charge is 0.265 e. The predicted octanol–water partition coefficient (Wildman–Crippen LogP) is 4.06. The molecule has 0 saturated carbocycles. The highest BCUT2D eigenvalue weighted by molar-refractivity contribution is 9.10. The number of ether oxygens (including phenoxy) is 1. The number of halogens is 1. The lowest BCUT2D eigenvalue weighted by molar-refractivity contribution is -0.122. The van der Waals surface area contributed by atoms with Crippen molar-refractivity contribution in [3.8, 4) is 5.75 Å². The lowest BCUT2D eigenvalue weighted by Crippen LogP contribution is -2.30. The first-order chi connectivity index (χ1) is 10.5. The molecule has 0 aromatic heterocycles. The van der Waals surface area contributed by atoms with Crippen molar-refractivity contribution >= 4 is 33.3 Å². The van der Waals surface area contributed by atoms with Crippen LogP contribution in [0.3, 0.4) is 0 Å². The molecule has 1 N–H and O–H groups in total. The molecule has 1 amide bonds. The van der Waals surface area contributed by atoms with Gasteiger partial charge in [0.1, 0.15) is 5.75 Å². The number of carbonyl (C=O) groups excluding carboxylic acids is 2. The first-order valence-corrected chi connectivity index (χ1v) is 7.59. The van der Waals surface area contributed by atoms with Crippen LogP contribution in [0, 0.1) is 0 Å². The van der Waals surface area contributed by atoms with Crippen molar-refractivity contribution in [2.75, 3.05) is 5.32 Å². The maximum Gasteiger partial charge on any atom is 0.265 e. The van der Waals surface area contributed by atoms with Crippen LogP contribution in [0.25, 0.3) is 0 Å². The summed E-state index contributed by atoms with van der Waals surface area (Å²) in [4.78, 5) is 23.3. The van der Waals surface area contributed by atoms with Gasteiger partial charge in [-0.15, -0.1) is 0 Å². The summed E-state index contributed by atoms with van der Waals surface area (Å²) in [5.74, 6) is 0.362. The number of hydrogen-bond acceptors (Lipinski definition) is 3. The van der Waals surface area contributed by atoms with Gasteiger partial charge in [-0.3, -0.25) is 9.59 Å². The standard InChI is InChI=1S/C17H16BrNO3/c1-11(20)13-3-7-15(8-4-13)19-17(21)12(2)22-16-9-5-14(18)6-10-16/h3-10,12H,1-2H3,(H,19,21)/t12-/m1/s1. The SMILES string of the molecule is CC(=O)c1ccc(NC(=O)[C@@H](C)Oc2ccc(Br)cc2)cc1. The van der Waals surface area contributed by atoms with Crippen molar-refractivity contribution in [2.24, 2.45) is 0 Å². The minimum atomic E-state index is -0.631. The number of benzene rings is 2. The second-order valence-corrected chi connectivity index (χ2v) is 5.75. The van der Waals surface area contributed by atoms with Crippen LogP contribution in [0.15, 0.2) is 53.0 Å². The van der Waals surface area contributed by atoms with Crippen LogP contribution in [0.5, 0.6) is 5.75 Å². The Morgan fingerprint density at radius 2 is 1.64 bits per heavy atom. The molecule has 0 radical (unpaired) electrons. The van der Waals surface area contributed by atoms with E-state index in [1.165, 1.54) is 6.92 Å². The number of nitrogens with one attached hydrogen (secondary N) is 1. The second-order valence-electron chi connectivity index (χ2n) is 4.84. The van der Waals surface area contributed by atoms with Crippen molar-refractivity contribution in [1.82, 2.24) is 0 Å². The van der Waals surface area contributed by atoms with Gasteiger partial charge in [-0.2, -0.15) is 0 Å². The van der Waals surface area contributed by atoms with Crippen LogP contribution in [-0.4, -0.2) is 17.8 Å². The quantitative estimate of drug-likeness (QED) is 0.817. The van der Waals surface area contributed by atoms with Gasteiger partial charge >= 0.3 is 0 Å². The molecule has 0 bridgehead atoms. The fraction of sp³-hybridized carbons (Fsp3) is 0.176. The van der Waals surface area contributed by atoms with Crippen LogP contribution in [0.2, 0.25) is 0 Å². The molecule has 0 aliphatic carbocycles. The topological polar surface area (TPSA) is 55.4 Å². The summed E-state index contributed by atoms with van der Waals surface area (Å²) < 4.78 is 6.53. The van der Waals surface area contributed by atoms with Gasteiger partial charge in [-0.05, 0) is 62.4 Å². The summed E-state index contributed by atoms with van der Waals surface area (Å²) in [7, 11) is 0. The average Bonchev–Trinajstić information content (AvgIpc) is 2.50. The number of anilines is 1. The summed E-state index contributed by atoms with van der Waals surface area (Å²) in [5, 5.41) is 2.75. The van der Waals surface area contributed by atoms with Gasteiger partial charge in [0, 0.05) is 15.7 Å². The largest absolute Gasteiger partial charge is 0.481 e. The molecular formula is C17H16BrNO3. The first kappa shape index (κ1) is 16.2. The Balaban J connectivity index is 1.95. The molecular weight excluding hydrogens is 346 g/mol. The van der Waals surface area contributed by atoms with Crippen LogP contribution in [0.1, 0.15) is 24.2 Å². The predicted molar refractivity (Wildman–Crippen MR) is 89.3 cm³/mol. The van der Waals surface area contributed by atoms with E-state index < -0.39 is 6.10 Å². The molecule has 0 spiro atoms. The molecule has 2 aromatic rings. The zero-order chi connectivity index (χ0) is 16.1. The van der Waals surface area contributed by atoms with Crippen LogP contribution < -0.4 is 10.1 Å². The highest BCUT2D eigenvalue weighted by atomic mass is 79.9. The molecule has 114 valence electrons. The fourth-order valence-corrected chi connectivity index (χ4v) is 2.07. The monoisotopic (exact) mass is 361 g/mol. The van der Waals surface area contributed by atoms with Crippen LogP contribution >= 0.6 is 15.9 Å². The Morgan fingerprint density at radius 1 is 1.05 bits per heavy atom. The Hall–Kier alpha value is -2.14. The summed E-state index contributed by atoms with van der Waals surface area (Å²) in [6.07, 6.45) is -0.631. The van der Waals surface area contributed by atoms with E-state index in [0.717, 1.165) is 4.47 Å². The number of carbonyl (C=O) groups is 2. The number of Topliss-reactive ketones (excluding diaryl/α,β-unsaturated/α-hetero) is 1. The fourth-order valence-electron chi connectivity index (χ4n) is 1.80. The second kappa shape index (κ2) is 7.22. The highest BCUT2D eigenvalue weighted by Gasteiger charge is 2.15. The average molecular weight is 362 g/mol. The number of rotatable bonds is 5. The van der Waals surface area contributed by atoms with Gasteiger partial charge in [0.15, 0.2) is 11.9 Å². The minimum Gasteiger partial charge on any atom is -0.481 e. The molecule has 2 aromatic carbocycles. The van der Waals surface area contributed by atoms with Crippen molar-refractivity contribution in [3.63, 3.8) is 0 Å². The van der Waals surface area contributed by atoms with E-state index in [4.69, 9.17) is 4.74 Å². The third kappa shape index (κ3) is 4.43. The van der Waals surface area contributed by atoms with Crippen molar-refractivity contribution < 1.29 is 14.3 Å². The lowest BCUT2D eigenvalue weighted by atomic mass is 10.1. The summed E-state index contributed by atoms with van der Waals surface area (Å²) in [6.45, 7) is 3.18. The molecule has 4 nitrogen and oxygen atoms in total. The molecule has 0 aliphatic heterocycles. The van der Waals surface area contributed by atoms with E-state index >= 15 is 0 Å². The highest BCUT2D eigenvalue weighted by Crippen LogP contribution is 2.18. The normalized spacial score (nSPS) is 11.6. The van der Waals surface area contributed by atoms with Crippen molar-refractivity contribution in [3.05, 3.63) is 58.6 Å². The minimum absolute atomic E-state index is 0.00943. The number of hydrogen-bond donors (Lipinski definition) is 1. The zero-order valence-electron chi connectivity index (χ0n) is 12.3. The molecule has 1 atom stereocenters. The zero-order valence-corrected chi connectivity index (χ0v) is 13.9. The van der Waals surface area contributed by atoms with Crippen LogP contribution in [-0.2, 0) is 4.79 Å².